The number of nitrogens with two attached hydrogens (primary N) is 1. The van der Waals surface area contributed by atoms with Crippen molar-refractivity contribution >= 4 is 0 Å². The first-order chi connectivity index (χ1) is 8.02. The van der Waals surface area contributed by atoms with E-state index in [1.165, 1.54) is 32.1 Å². The number of aliphatic hydroxyl groups excluding tert-OH is 1. The van der Waals surface area contributed by atoms with Gasteiger partial charge in [0, 0.05) is 12.1 Å². The minimum absolute atomic E-state index is 0.0116. The highest BCUT2D eigenvalue weighted by atomic mass is 16.5. The first kappa shape index (κ1) is 16.9. The zero-order valence-electron chi connectivity index (χ0n) is 11.9. The lowest BCUT2D eigenvalue weighted by atomic mass is 9.97. The van der Waals surface area contributed by atoms with Gasteiger partial charge < -0.3 is 15.6 Å². The van der Waals surface area contributed by atoms with E-state index in [0.717, 1.165) is 13.0 Å². The highest BCUT2D eigenvalue weighted by Gasteiger charge is 2.20. The highest BCUT2D eigenvalue weighted by molar-refractivity contribution is 4.79. The smallest absolute Gasteiger partial charge is 0.0609 e. The molecule has 3 nitrogen and oxygen atoms in total. The maximum absolute atomic E-state index is 9.05. The molecule has 0 aromatic heterocycles. The Morgan fingerprint density at radius 1 is 1.18 bits per heavy atom. The van der Waals surface area contributed by atoms with Crippen molar-refractivity contribution in [2.24, 2.45) is 5.73 Å². The van der Waals surface area contributed by atoms with Crippen LogP contribution in [0, 0.1) is 0 Å². The van der Waals surface area contributed by atoms with Crippen LogP contribution in [-0.4, -0.2) is 30.0 Å². The van der Waals surface area contributed by atoms with E-state index in [0.29, 0.717) is 6.42 Å². The van der Waals surface area contributed by atoms with E-state index in [4.69, 9.17) is 15.6 Å². The molecule has 2 unspecified atom stereocenters. The lowest BCUT2D eigenvalue weighted by Crippen LogP contribution is -2.43. The Bertz CT molecular complexity index is 172. The third kappa shape index (κ3) is 10.7. The van der Waals surface area contributed by atoms with Gasteiger partial charge in [-0.2, -0.15) is 0 Å². The van der Waals surface area contributed by atoms with Gasteiger partial charge in [-0.3, -0.25) is 0 Å². The van der Waals surface area contributed by atoms with Crippen molar-refractivity contribution in [3.8, 4) is 0 Å². The molecule has 0 spiro atoms. The van der Waals surface area contributed by atoms with Crippen LogP contribution in [0.25, 0.3) is 0 Å². The Balaban J connectivity index is 3.36. The van der Waals surface area contributed by atoms with Gasteiger partial charge in [0.2, 0.25) is 0 Å². The Labute approximate surface area is 107 Å². The number of hydrogen-bond donors (Lipinski definition) is 2. The summed E-state index contributed by atoms with van der Waals surface area (Å²) in [6, 6.07) is 0. The van der Waals surface area contributed by atoms with Gasteiger partial charge in [-0.15, -0.1) is 0 Å². The molecule has 0 aliphatic heterocycles. The quantitative estimate of drug-likeness (QED) is 0.550. The molecule has 0 aromatic rings. The van der Waals surface area contributed by atoms with Crippen molar-refractivity contribution < 1.29 is 9.84 Å². The molecule has 0 saturated carbocycles. The Kier molecular flexibility index (Phi) is 9.79. The first-order valence-corrected chi connectivity index (χ1v) is 7.03. The molecular formula is C14H31NO2. The van der Waals surface area contributed by atoms with E-state index in [1.54, 1.807) is 0 Å². The molecule has 3 N–H and O–H groups in total. The number of ether oxygens (including phenoxy) is 1. The van der Waals surface area contributed by atoms with Crippen molar-refractivity contribution in [1.82, 2.24) is 0 Å². The summed E-state index contributed by atoms with van der Waals surface area (Å²) in [4.78, 5) is 0. The second kappa shape index (κ2) is 9.86. The summed E-state index contributed by atoms with van der Waals surface area (Å²) in [5.41, 5.74) is 5.36. The van der Waals surface area contributed by atoms with E-state index in [9.17, 15) is 0 Å². The maximum atomic E-state index is 9.05. The molecule has 0 heterocycles. The van der Waals surface area contributed by atoms with Crippen LogP contribution in [-0.2, 0) is 4.74 Å². The van der Waals surface area contributed by atoms with Gasteiger partial charge in [-0.1, -0.05) is 39.0 Å². The Morgan fingerprint density at radius 2 is 1.76 bits per heavy atom. The summed E-state index contributed by atoms with van der Waals surface area (Å²) in [5, 5.41) is 9.05. The number of rotatable bonds is 11. The van der Waals surface area contributed by atoms with Crippen molar-refractivity contribution in [3.63, 3.8) is 0 Å². The normalized spacial score (nSPS) is 16.8. The fourth-order valence-electron chi connectivity index (χ4n) is 1.95. The minimum atomic E-state index is -0.513. The van der Waals surface area contributed by atoms with Crippen LogP contribution in [0.1, 0.15) is 65.7 Å². The van der Waals surface area contributed by atoms with E-state index < -0.39 is 5.54 Å². The molecule has 104 valence electrons. The lowest BCUT2D eigenvalue weighted by molar-refractivity contribution is 0.0344. The van der Waals surface area contributed by atoms with Crippen molar-refractivity contribution in [2.75, 3.05) is 13.2 Å². The third-order valence-electron chi connectivity index (χ3n) is 3.02. The molecule has 0 radical (unpaired) electrons. The van der Waals surface area contributed by atoms with Crippen LogP contribution >= 0.6 is 0 Å². The summed E-state index contributed by atoms with van der Waals surface area (Å²) in [6.45, 7) is 6.94. The highest BCUT2D eigenvalue weighted by Crippen LogP contribution is 2.12. The molecule has 0 aromatic carbocycles. The zero-order chi connectivity index (χ0) is 13.1. The van der Waals surface area contributed by atoms with Gasteiger partial charge in [-0.05, 0) is 26.7 Å². The Morgan fingerprint density at radius 3 is 2.35 bits per heavy atom. The zero-order valence-corrected chi connectivity index (χ0v) is 11.9. The standard InChI is InChI=1S/C14H31NO2/c1-4-5-6-7-8-9-10-17-13(2)11-14(3,15)12-16/h13,16H,4-12,15H2,1-3H3. The van der Waals surface area contributed by atoms with Gasteiger partial charge in [0.15, 0.2) is 0 Å². The van der Waals surface area contributed by atoms with Crippen molar-refractivity contribution in [3.05, 3.63) is 0 Å². The monoisotopic (exact) mass is 245 g/mol. The van der Waals surface area contributed by atoms with Gasteiger partial charge in [0.1, 0.15) is 0 Å². The molecule has 2 atom stereocenters. The third-order valence-corrected chi connectivity index (χ3v) is 3.02. The lowest BCUT2D eigenvalue weighted by Gasteiger charge is -2.25. The summed E-state index contributed by atoms with van der Waals surface area (Å²) in [5.74, 6) is 0. The predicted octanol–water partition coefficient (Wildman–Crippen LogP) is 2.85. The summed E-state index contributed by atoms with van der Waals surface area (Å²) in [6.07, 6.45) is 8.53. The summed E-state index contributed by atoms with van der Waals surface area (Å²) in [7, 11) is 0. The van der Waals surface area contributed by atoms with E-state index in [2.05, 4.69) is 6.92 Å². The molecule has 0 aliphatic carbocycles. The van der Waals surface area contributed by atoms with Gasteiger partial charge >= 0.3 is 0 Å². The molecule has 0 saturated heterocycles. The molecule has 0 fully saturated rings. The molecule has 0 aliphatic rings. The fourth-order valence-corrected chi connectivity index (χ4v) is 1.95. The second-order valence-corrected chi connectivity index (χ2v) is 5.47. The van der Waals surface area contributed by atoms with Crippen LogP contribution in [0.2, 0.25) is 0 Å². The van der Waals surface area contributed by atoms with E-state index in [1.807, 2.05) is 13.8 Å². The average molecular weight is 245 g/mol. The van der Waals surface area contributed by atoms with Crippen molar-refractivity contribution in [1.29, 1.82) is 0 Å². The number of hydrogen-bond acceptors (Lipinski definition) is 3. The molecule has 0 amide bonds. The molecule has 3 heteroatoms. The largest absolute Gasteiger partial charge is 0.394 e. The number of unbranched alkanes of at least 4 members (excludes halogenated alkanes) is 5. The van der Waals surface area contributed by atoms with E-state index >= 15 is 0 Å². The average Bonchev–Trinajstić information content (AvgIpc) is 2.27. The van der Waals surface area contributed by atoms with Crippen LogP contribution in [0.5, 0.6) is 0 Å². The Hall–Kier alpha value is -0.120. The second-order valence-electron chi connectivity index (χ2n) is 5.47. The fraction of sp³-hybridized carbons (Fsp3) is 1.00. The molecular weight excluding hydrogens is 214 g/mol. The summed E-state index contributed by atoms with van der Waals surface area (Å²) < 4.78 is 5.70. The topological polar surface area (TPSA) is 55.5 Å². The van der Waals surface area contributed by atoms with Crippen LogP contribution < -0.4 is 5.73 Å². The summed E-state index contributed by atoms with van der Waals surface area (Å²) >= 11 is 0. The molecule has 0 bridgehead atoms. The van der Waals surface area contributed by atoms with Gasteiger partial charge in [0.25, 0.3) is 0 Å². The predicted molar refractivity (Wildman–Crippen MR) is 73.1 cm³/mol. The van der Waals surface area contributed by atoms with Crippen LogP contribution in [0.4, 0.5) is 0 Å². The number of aliphatic hydroxyl groups is 1. The molecule has 0 rings (SSSR count). The van der Waals surface area contributed by atoms with Gasteiger partial charge in [0.05, 0.1) is 12.7 Å². The maximum Gasteiger partial charge on any atom is 0.0609 e. The van der Waals surface area contributed by atoms with E-state index in [-0.39, 0.29) is 12.7 Å². The first-order valence-electron chi connectivity index (χ1n) is 7.03. The minimum Gasteiger partial charge on any atom is -0.394 e. The molecule has 17 heavy (non-hydrogen) atoms. The van der Waals surface area contributed by atoms with Gasteiger partial charge in [-0.25, -0.2) is 0 Å². The van der Waals surface area contributed by atoms with Crippen molar-refractivity contribution in [2.45, 2.75) is 77.4 Å². The van der Waals surface area contributed by atoms with Crippen LogP contribution in [0.3, 0.4) is 0 Å². The SMILES string of the molecule is CCCCCCCCOC(C)CC(C)(N)CO. The van der Waals surface area contributed by atoms with Crippen LogP contribution in [0.15, 0.2) is 0 Å².